The topological polar surface area (TPSA) is 58.6 Å². The van der Waals surface area contributed by atoms with E-state index >= 15 is 0 Å². The van der Waals surface area contributed by atoms with Gasteiger partial charge >= 0.3 is 0 Å². The van der Waals surface area contributed by atoms with Crippen LogP contribution in [0.25, 0.3) is 11.0 Å². The molecule has 0 fully saturated rings. The lowest BCUT2D eigenvalue weighted by Gasteiger charge is -2.14. The van der Waals surface area contributed by atoms with Crippen LogP contribution in [-0.4, -0.2) is 27.0 Å². The molecule has 2 heterocycles. The highest BCUT2D eigenvalue weighted by Crippen LogP contribution is 2.26. The number of aryl methyl sites for hydroxylation is 1. The van der Waals surface area contributed by atoms with Gasteiger partial charge in [0.25, 0.3) is 5.56 Å². The molecule has 2 rings (SSSR count). The Morgan fingerprint density at radius 3 is 2.64 bits per heavy atom. The van der Waals surface area contributed by atoms with Crippen LogP contribution in [-0.2, 0) is 0 Å². The number of nitrogens with one attached hydrogen (secondary N) is 1. The molecule has 122 valence electrons. The summed E-state index contributed by atoms with van der Waals surface area (Å²) in [6, 6.07) is 1.85. The van der Waals surface area contributed by atoms with Gasteiger partial charge in [-0.3, -0.25) is 4.79 Å². The van der Waals surface area contributed by atoms with E-state index in [1.54, 1.807) is 18.7 Å². The third-order valence-electron chi connectivity index (χ3n) is 3.41. The van der Waals surface area contributed by atoms with E-state index in [1.165, 1.54) is 0 Å². The van der Waals surface area contributed by atoms with Crippen LogP contribution in [0, 0.1) is 6.92 Å². The molecule has 1 atom stereocenters. The maximum atomic E-state index is 12.3. The maximum absolute atomic E-state index is 12.3. The first kappa shape index (κ1) is 19.0. The molecule has 0 spiro atoms. The van der Waals surface area contributed by atoms with Gasteiger partial charge in [0.1, 0.15) is 16.6 Å². The largest absolute Gasteiger partial charge is 0.306 e. The van der Waals surface area contributed by atoms with E-state index in [-0.39, 0.29) is 11.5 Å². The Hall–Kier alpha value is -1.07. The van der Waals surface area contributed by atoms with Gasteiger partial charge in [0.15, 0.2) is 0 Å². The van der Waals surface area contributed by atoms with Gasteiger partial charge in [0, 0.05) is 5.56 Å². The van der Waals surface area contributed by atoms with E-state index in [1.807, 2.05) is 19.9 Å². The van der Waals surface area contributed by atoms with Gasteiger partial charge in [-0.1, -0.05) is 32.4 Å². The summed E-state index contributed by atoms with van der Waals surface area (Å²) in [5.41, 5.74) is 1.22. The highest BCUT2D eigenvalue weighted by molar-refractivity contribution is 7.98. The van der Waals surface area contributed by atoms with Crippen LogP contribution in [0.4, 0.5) is 0 Å². The lowest BCUT2D eigenvalue weighted by atomic mass is 9.94. The van der Waals surface area contributed by atoms with Gasteiger partial charge in [0.05, 0.1) is 5.39 Å². The molecule has 1 unspecified atom stereocenters. The van der Waals surface area contributed by atoms with E-state index in [0.717, 1.165) is 29.5 Å². The fourth-order valence-electron chi connectivity index (χ4n) is 2.31. The van der Waals surface area contributed by atoms with Gasteiger partial charge in [-0.05, 0) is 43.8 Å². The van der Waals surface area contributed by atoms with Crippen LogP contribution in [0.2, 0.25) is 5.15 Å². The van der Waals surface area contributed by atoms with E-state index < -0.39 is 0 Å². The predicted molar refractivity (Wildman–Crippen MR) is 97.3 cm³/mol. The molecule has 0 radical (unpaired) electrons. The van der Waals surface area contributed by atoms with Crippen molar-refractivity contribution in [3.05, 3.63) is 33.0 Å². The molecular formula is C16H24ClN3OS. The van der Waals surface area contributed by atoms with Crippen molar-refractivity contribution in [3.63, 3.8) is 0 Å². The molecule has 0 saturated carbocycles. The number of thioether (sulfide) groups is 1. The number of halogens is 1. The Kier molecular flexibility index (Phi) is 7.90. The Labute approximate surface area is 141 Å². The van der Waals surface area contributed by atoms with Crippen molar-refractivity contribution in [3.8, 4) is 0 Å². The average molecular weight is 342 g/mol. The smallest absolute Gasteiger partial charge is 0.253 e. The Bertz CT molecular complexity index is 672. The van der Waals surface area contributed by atoms with Crippen LogP contribution in [0.3, 0.4) is 0 Å². The van der Waals surface area contributed by atoms with Gasteiger partial charge in [-0.25, -0.2) is 9.97 Å². The first-order valence-corrected chi connectivity index (χ1v) is 9.40. The van der Waals surface area contributed by atoms with Gasteiger partial charge < -0.3 is 4.98 Å². The first-order valence-electron chi connectivity index (χ1n) is 7.62. The quantitative estimate of drug-likeness (QED) is 0.810. The number of H-pyrrole nitrogens is 1. The molecule has 0 saturated heterocycles. The summed E-state index contributed by atoms with van der Waals surface area (Å²) in [5, 5.41) is 1.11. The van der Waals surface area contributed by atoms with E-state index in [4.69, 9.17) is 11.6 Å². The van der Waals surface area contributed by atoms with E-state index in [9.17, 15) is 4.79 Å². The third-order valence-corrected chi connectivity index (χ3v) is 4.34. The second-order valence-corrected chi connectivity index (χ2v) is 6.11. The van der Waals surface area contributed by atoms with Crippen LogP contribution < -0.4 is 5.56 Å². The van der Waals surface area contributed by atoms with Crippen LogP contribution in [0.15, 0.2) is 10.9 Å². The average Bonchev–Trinajstić information content (AvgIpc) is 2.50. The molecule has 0 aromatic carbocycles. The van der Waals surface area contributed by atoms with Crippen LogP contribution >= 0.6 is 23.4 Å². The number of hydrogen-bond acceptors (Lipinski definition) is 4. The summed E-state index contributed by atoms with van der Waals surface area (Å²) in [6.07, 6.45) is 3.99. The van der Waals surface area contributed by atoms with Crippen molar-refractivity contribution < 1.29 is 0 Å². The number of hydrogen-bond donors (Lipinski definition) is 1. The first-order chi connectivity index (χ1) is 10.6. The summed E-state index contributed by atoms with van der Waals surface area (Å²) in [5.74, 6) is 1.84. The number of aromatic nitrogens is 3. The lowest BCUT2D eigenvalue weighted by molar-refractivity contribution is 0.640. The number of aromatic amines is 1. The zero-order valence-electron chi connectivity index (χ0n) is 13.9. The minimum Gasteiger partial charge on any atom is -0.306 e. The maximum Gasteiger partial charge on any atom is 0.253 e. The summed E-state index contributed by atoms with van der Waals surface area (Å²) in [6.45, 7) is 7.85. The fraction of sp³-hybridized carbons (Fsp3) is 0.562. The molecule has 4 nitrogen and oxygen atoms in total. The summed E-state index contributed by atoms with van der Waals surface area (Å²) >= 11 is 7.95. The van der Waals surface area contributed by atoms with E-state index in [0.29, 0.717) is 16.6 Å². The van der Waals surface area contributed by atoms with Crippen molar-refractivity contribution >= 4 is 34.4 Å². The minimum atomic E-state index is -0.0698. The second kappa shape index (κ2) is 9.16. The molecule has 1 N–H and O–H groups in total. The molecule has 0 aliphatic heterocycles. The molecule has 22 heavy (non-hydrogen) atoms. The Balaban J connectivity index is 0.00000116. The zero-order chi connectivity index (χ0) is 16.7. The van der Waals surface area contributed by atoms with Crippen molar-refractivity contribution in [1.82, 2.24) is 15.0 Å². The summed E-state index contributed by atoms with van der Waals surface area (Å²) < 4.78 is 0. The zero-order valence-corrected chi connectivity index (χ0v) is 15.4. The number of rotatable bonds is 5. The van der Waals surface area contributed by atoms with Gasteiger partial charge in [-0.15, -0.1) is 0 Å². The monoisotopic (exact) mass is 341 g/mol. The normalized spacial score (nSPS) is 11.9. The molecule has 6 heteroatoms. The number of fused-ring (bicyclic) bond motifs is 1. The molecule has 0 aliphatic carbocycles. The Morgan fingerprint density at radius 2 is 2.05 bits per heavy atom. The molecule has 0 bridgehead atoms. The minimum absolute atomic E-state index is 0.0698. The molecule has 0 aliphatic rings. The standard InChI is InChI=1S/C14H18ClN3OS.C2H6/c1-4-9(5-6-20-3)10-7-11-12(15)16-8(2)17-13(11)18-14(10)19;1-2/h7,9H,4-6H2,1-3H3,(H,16,17,18,19);1-2H3. The highest BCUT2D eigenvalue weighted by atomic mass is 35.5. The number of pyridine rings is 1. The van der Waals surface area contributed by atoms with Crippen LogP contribution in [0.1, 0.15) is 50.9 Å². The molecule has 2 aromatic heterocycles. The lowest BCUT2D eigenvalue weighted by Crippen LogP contribution is -2.17. The van der Waals surface area contributed by atoms with Crippen molar-refractivity contribution in [2.45, 2.75) is 46.5 Å². The highest BCUT2D eigenvalue weighted by Gasteiger charge is 2.16. The predicted octanol–water partition coefficient (Wildman–Crippen LogP) is 4.55. The van der Waals surface area contributed by atoms with E-state index in [2.05, 4.69) is 28.1 Å². The Morgan fingerprint density at radius 1 is 1.36 bits per heavy atom. The van der Waals surface area contributed by atoms with Crippen molar-refractivity contribution in [1.29, 1.82) is 0 Å². The molecular weight excluding hydrogens is 318 g/mol. The SMILES string of the molecule is CC.CCC(CCSC)c1cc2c(Cl)nc(C)nc2[nH]c1=O. The fourth-order valence-corrected chi connectivity index (χ4v) is 3.10. The second-order valence-electron chi connectivity index (χ2n) is 4.76. The van der Waals surface area contributed by atoms with Crippen molar-refractivity contribution in [2.75, 3.05) is 12.0 Å². The third kappa shape index (κ3) is 4.46. The summed E-state index contributed by atoms with van der Waals surface area (Å²) in [7, 11) is 0. The van der Waals surface area contributed by atoms with Crippen LogP contribution in [0.5, 0.6) is 0 Å². The van der Waals surface area contributed by atoms with Crippen molar-refractivity contribution in [2.24, 2.45) is 0 Å². The summed E-state index contributed by atoms with van der Waals surface area (Å²) in [4.78, 5) is 23.5. The van der Waals surface area contributed by atoms with Gasteiger partial charge in [-0.2, -0.15) is 11.8 Å². The number of nitrogens with zero attached hydrogens (tertiary/aromatic N) is 2. The molecule has 0 amide bonds. The molecule has 2 aromatic rings. The van der Waals surface area contributed by atoms with Gasteiger partial charge in [0.2, 0.25) is 0 Å².